The maximum atomic E-state index is 12.4. The Hall–Kier alpha value is -2.24. The highest BCUT2D eigenvalue weighted by molar-refractivity contribution is 5.79. The van der Waals surface area contributed by atoms with Gasteiger partial charge in [-0.3, -0.25) is 4.79 Å². The molecule has 6 heteroatoms. The van der Waals surface area contributed by atoms with Crippen LogP contribution in [0.3, 0.4) is 0 Å². The molecule has 3 amide bonds. The lowest BCUT2D eigenvalue weighted by Crippen LogP contribution is -2.52. The highest BCUT2D eigenvalue weighted by Crippen LogP contribution is 2.20. The average Bonchev–Trinajstić information content (AvgIpc) is 2.99. The van der Waals surface area contributed by atoms with Gasteiger partial charge in [-0.2, -0.15) is 0 Å². The first-order valence-corrected chi connectivity index (χ1v) is 9.60. The molecule has 1 unspecified atom stereocenters. The van der Waals surface area contributed by atoms with Crippen LogP contribution in [0.1, 0.15) is 24.5 Å². The lowest BCUT2D eigenvalue weighted by atomic mass is 10.1. The fraction of sp³-hybridized carbons (Fsp3) is 0.600. The molecule has 2 aliphatic rings. The minimum atomic E-state index is -0.00697. The first kappa shape index (κ1) is 18.5. The molecule has 1 aromatic carbocycles. The average molecular weight is 358 g/mol. The molecule has 2 aliphatic heterocycles. The van der Waals surface area contributed by atoms with E-state index < -0.39 is 0 Å². The Morgan fingerprint density at radius 1 is 1.12 bits per heavy atom. The minimum absolute atomic E-state index is 0.00697. The Kier molecular flexibility index (Phi) is 5.69. The van der Waals surface area contributed by atoms with Crippen molar-refractivity contribution in [3.05, 3.63) is 29.3 Å². The van der Waals surface area contributed by atoms with E-state index in [9.17, 15) is 9.59 Å². The van der Waals surface area contributed by atoms with Gasteiger partial charge in [0.1, 0.15) is 0 Å². The molecule has 0 aliphatic carbocycles. The van der Waals surface area contributed by atoms with Crippen molar-refractivity contribution < 1.29 is 9.59 Å². The normalized spacial score (nSPS) is 20.7. The fourth-order valence-corrected chi connectivity index (χ4v) is 3.94. The molecule has 6 nitrogen and oxygen atoms in total. The summed E-state index contributed by atoms with van der Waals surface area (Å²) < 4.78 is 0. The first-order chi connectivity index (χ1) is 12.5. The van der Waals surface area contributed by atoms with Crippen LogP contribution < -0.4 is 10.2 Å². The van der Waals surface area contributed by atoms with Crippen LogP contribution in [0.5, 0.6) is 0 Å². The first-order valence-electron chi connectivity index (χ1n) is 9.60. The van der Waals surface area contributed by atoms with E-state index in [1.165, 1.54) is 16.8 Å². The highest BCUT2D eigenvalue weighted by atomic mass is 16.2. The van der Waals surface area contributed by atoms with Crippen LogP contribution in [0.2, 0.25) is 0 Å². The number of rotatable bonds is 4. The van der Waals surface area contributed by atoms with Gasteiger partial charge in [0.15, 0.2) is 0 Å². The minimum Gasteiger partial charge on any atom is -0.368 e. The number of nitrogens with one attached hydrogen (secondary N) is 1. The van der Waals surface area contributed by atoms with Crippen LogP contribution in [0.4, 0.5) is 10.5 Å². The summed E-state index contributed by atoms with van der Waals surface area (Å²) in [7, 11) is 0. The van der Waals surface area contributed by atoms with Crippen LogP contribution in [0, 0.1) is 19.8 Å². The molecule has 0 radical (unpaired) electrons. The van der Waals surface area contributed by atoms with Crippen LogP contribution in [-0.4, -0.2) is 67.6 Å². The summed E-state index contributed by atoms with van der Waals surface area (Å²) in [5.41, 5.74) is 3.78. The van der Waals surface area contributed by atoms with E-state index in [0.717, 1.165) is 39.3 Å². The number of hydrogen-bond donors (Lipinski definition) is 1. The predicted molar refractivity (Wildman–Crippen MR) is 103 cm³/mol. The monoisotopic (exact) mass is 358 g/mol. The molecular weight excluding hydrogens is 328 g/mol. The number of benzene rings is 1. The van der Waals surface area contributed by atoms with E-state index in [0.29, 0.717) is 13.0 Å². The molecule has 2 heterocycles. The van der Waals surface area contributed by atoms with Gasteiger partial charge in [-0.25, -0.2) is 4.79 Å². The molecule has 1 aromatic rings. The topological polar surface area (TPSA) is 55.9 Å². The van der Waals surface area contributed by atoms with Gasteiger partial charge < -0.3 is 20.0 Å². The Morgan fingerprint density at radius 3 is 2.35 bits per heavy atom. The lowest BCUT2D eigenvalue weighted by Gasteiger charge is -2.36. The van der Waals surface area contributed by atoms with Gasteiger partial charge >= 0.3 is 6.03 Å². The summed E-state index contributed by atoms with van der Waals surface area (Å²) in [6.45, 7) is 11.5. The lowest BCUT2D eigenvalue weighted by molar-refractivity contribution is -0.127. The van der Waals surface area contributed by atoms with Crippen molar-refractivity contribution in [2.75, 3.05) is 50.7 Å². The number of nitrogens with zero attached hydrogens (tertiary/aromatic N) is 3. The van der Waals surface area contributed by atoms with E-state index in [1.54, 1.807) is 0 Å². The van der Waals surface area contributed by atoms with E-state index in [4.69, 9.17) is 0 Å². The SMILES string of the molecule is CCN1CC(CNC(=O)N2CCN(c3cc(C)cc(C)c3)CC2)CC1=O. The van der Waals surface area contributed by atoms with E-state index in [-0.39, 0.29) is 17.9 Å². The van der Waals surface area contributed by atoms with Gasteiger partial charge in [-0.1, -0.05) is 6.07 Å². The van der Waals surface area contributed by atoms with E-state index >= 15 is 0 Å². The van der Waals surface area contributed by atoms with E-state index in [2.05, 4.69) is 42.3 Å². The molecule has 0 spiro atoms. The summed E-state index contributed by atoms with van der Waals surface area (Å²) >= 11 is 0. The molecule has 142 valence electrons. The number of urea groups is 1. The summed E-state index contributed by atoms with van der Waals surface area (Å²) in [5, 5.41) is 3.02. The van der Waals surface area contributed by atoms with Crippen LogP contribution >= 0.6 is 0 Å². The Labute approximate surface area is 156 Å². The van der Waals surface area contributed by atoms with Gasteiger partial charge in [0.05, 0.1) is 0 Å². The number of likely N-dealkylation sites (tertiary alicyclic amines) is 1. The molecule has 1 atom stereocenters. The zero-order valence-electron chi connectivity index (χ0n) is 16.1. The van der Waals surface area contributed by atoms with Crippen LogP contribution in [-0.2, 0) is 4.79 Å². The Morgan fingerprint density at radius 2 is 1.77 bits per heavy atom. The second-order valence-electron chi connectivity index (χ2n) is 7.51. The van der Waals surface area contributed by atoms with Crippen molar-refractivity contribution in [3.8, 4) is 0 Å². The molecule has 1 N–H and O–H groups in total. The van der Waals surface area contributed by atoms with Crippen molar-refractivity contribution >= 4 is 17.6 Å². The standard InChI is InChI=1S/C20H30N4O2/c1-4-22-14-17(12-19(22)25)13-21-20(26)24-7-5-23(6-8-24)18-10-15(2)9-16(3)11-18/h9-11,17H,4-8,12-14H2,1-3H3,(H,21,26). The second kappa shape index (κ2) is 7.98. The summed E-state index contributed by atoms with van der Waals surface area (Å²) in [6.07, 6.45) is 0.550. The molecule has 0 aromatic heterocycles. The number of hydrogen-bond acceptors (Lipinski definition) is 3. The molecular formula is C20H30N4O2. The summed E-state index contributed by atoms with van der Waals surface area (Å²) in [5.74, 6) is 0.441. The third-order valence-electron chi connectivity index (χ3n) is 5.36. The molecule has 2 saturated heterocycles. The third-order valence-corrected chi connectivity index (χ3v) is 5.36. The molecule has 2 fully saturated rings. The zero-order valence-corrected chi connectivity index (χ0v) is 16.1. The Balaban J connectivity index is 1.46. The molecule has 3 rings (SSSR count). The van der Waals surface area contributed by atoms with E-state index in [1.807, 2.05) is 16.7 Å². The van der Waals surface area contributed by atoms with Gasteiger partial charge in [0.2, 0.25) is 5.91 Å². The highest BCUT2D eigenvalue weighted by Gasteiger charge is 2.29. The van der Waals surface area contributed by atoms with Crippen LogP contribution in [0.15, 0.2) is 18.2 Å². The number of piperazine rings is 1. The molecule has 26 heavy (non-hydrogen) atoms. The second-order valence-corrected chi connectivity index (χ2v) is 7.51. The van der Waals surface area contributed by atoms with Crippen molar-refractivity contribution in [2.45, 2.75) is 27.2 Å². The smallest absolute Gasteiger partial charge is 0.317 e. The largest absolute Gasteiger partial charge is 0.368 e. The summed E-state index contributed by atoms with van der Waals surface area (Å²) in [4.78, 5) is 30.3. The maximum absolute atomic E-state index is 12.4. The zero-order chi connectivity index (χ0) is 18.7. The predicted octanol–water partition coefficient (Wildman–Crippen LogP) is 2.00. The van der Waals surface area contributed by atoms with Crippen molar-refractivity contribution in [1.29, 1.82) is 0 Å². The van der Waals surface area contributed by atoms with Crippen molar-refractivity contribution in [1.82, 2.24) is 15.1 Å². The van der Waals surface area contributed by atoms with Crippen molar-refractivity contribution in [3.63, 3.8) is 0 Å². The number of carbonyl (C=O) groups is 2. The van der Waals surface area contributed by atoms with Gasteiger partial charge in [-0.15, -0.1) is 0 Å². The van der Waals surface area contributed by atoms with Gasteiger partial charge in [-0.05, 0) is 44.0 Å². The number of anilines is 1. The van der Waals surface area contributed by atoms with Gasteiger partial charge in [0, 0.05) is 63.8 Å². The maximum Gasteiger partial charge on any atom is 0.317 e. The number of carbonyl (C=O) groups excluding carboxylic acids is 2. The fourth-order valence-electron chi connectivity index (χ4n) is 3.94. The molecule has 0 saturated carbocycles. The number of amides is 3. The number of aryl methyl sites for hydroxylation is 2. The van der Waals surface area contributed by atoms with Gasteiger partial charge in [0.25, 0.3) is 0 Å². The third kappa shape index (κ3) is 4.29. The van der Waals surface area contributed by atoms with Crippen molar-refractivity contribution in [2.24, 2.45) is 5.92 Å². The van der Waals surface area contributed by atoms with Crippen LogP contribution in [0.25, 0.3) is 0 Å². The summed E-state index contributed by atoms with van der Waals surface area (Å²) in [6, 6.07) is 6.59. The quantitative estimate of drug-likeness (QED) is 0.896. The molecule has 0 bridgehead atoms. The Bertz CT molecular complexity index is 648.